The Kier molecular flexibility index (Phi) is 3.87. The Hall–Kier alpha value is -1.11. The maximum atomic E-state index is 4.22. The fraction of sp³-hybridized carbons (Fsp3) is 0.462. The number of aliphatic imine (C=N–C) groups is 1. The molecule has 0 aliphatic rings. The number of hydrogen-bond donors (Lipinski definition) is 0. The number of rotatable bonds is 3. The van der Waals surface area contributed by atoms with Gasteiger partial charge in [-0.3, -0.25) is 4.99 Å². The van der Waals surface area contributed by atoms with Gasteiger partial charge in [0.2, 0.25) is 0 Å². The van der Waals surface area contributed by atoms with Gasteiger partial charge in [-0.15, -0.1) is 0 Å². The lowest BCUT2D eigenvalue weighted by Crippen LogP contribution is -1.93. The van der Waals surface area contributed by atoms with Crippen LogP contribution in [0, 0.1) is 20.8 Å². The Bertz CT molecular complexity index is 314. The van der Waals surface area contributed by atoms with Gasteiger partial charge in [-0.05, 0) is 49.9 Å². The second-order valence-corrected chi connectivity index (χ2v) is 3.74. The first kappa shape index (κ1) is 11.0. The molecule has 0 saturated heterocycles. The summed E-state index contributed by atoms with van der Waals surface area (Å²) in [6, 6.07) is 4.51. The zero-order valence-corrected chi connectivity index (χ0v) is 9.59. The van der Waals surface area contributed by atoms with Crippen molar-refractivity contribution in [2.75, 3.05) is 6.54 Å². The van der Waals surface area contributed by atoms with Crippen LogP contribution in [0.4, 0.5) is 0 Å². The summed E-state index contributed by atoms with van der Waals surface area (Å²) in [6.45, 7) is 9.45. The Labute approximate surface area is 86.9 Å². The minimum absolute atomic E-state index is 0.879. The van der Waals surface area contributed by atoms with Crippen molar-refractivity contribution >= 4 is 6.21 Å². The molecule has 0 aliphatic carbocycles. The predicted octanol–water partition coefficient (Wildman–Crippen LogP) is 3.25. The van der Waals surface area contributed by atoms with Crippen molar-refractivity contribution in [3.8, 4) is 0 Å². The second-order valence-electron chi connectivity index (χ2n) is 3.74. The molecule has 0 radical (unpaired) electrons. The van der Waals surface area contributed by atoms with E-state index in [0.717, 1.165) is 13.0 Å². The van der Waals surface area contributed by atoms with Crippen molar-refractivity contribution in [3.63, 3.8) is 0 Å². The first-order chi connectivity index (χ1) is 6.65. The maximum Gasteiger partial charge on any atom is 0.0357 e. The van der Waals surface area contributed by atoms with Gasteiger partial charge in [0.15, 0.2) is 0 Å². The fourth-order valence-corrected chi connectivity index (χ4v) is 1.54. The smallest absolute Gasteiger partial charge is 0.0357 e. The zero-order chi connectivity index (χ0) is 10.6. The third-order valence-corrected chi connectivity index (χ3v) is 2.63. The van der Waals surface area contributed by atoms with Crippen LogP contribution in [0.2, 0.25) is 0 Å². The third-order valence-electron chi connectivity index (χ3n) is 2.63. The SMILES string of the molecule is CCN=CCc1cc(C)c(C)c(C)c1. The third kappa shape index (κ3) is 2.69. The van der Waals surface area contributed by atoms with Gasteiger partial charge in [-0.2, -0.15) is 0 Å². The van der Waals surface area contributed by atoms with E-state index in [2.05, 4.69) is 44.8 Å². The summed E-state index contributed by atoms with van der Waals surface area (Å²) in [6.07, 6.45) is 2.96. The molecule has 1 heteroatoms. The largest absolute Gasteiger partial charge is 0.297 e. The summed E-state index contributed by atoms with van der Waals surface area (Å²) in [5, 5.41) is 0. The van der Waals surface area contributed by atoms with Gasteiger partial charge in [-0.25, -0.2) is 0 Å². The van der Waals surface area contributed by atoms with E-state index in [4.69, 9.17) is 0 Å². The fourth-order valence-electron chi connectivity index (χ4n) is 1.54. The van der Waals surface area contributed by atoms with E-state index in [9.17, 15) is 0 Å². The van der Waals surface area contributed by atoms with Gasteiger partial charge in [0.25, 0.3) is 0 Å². The minimum atomic E-state index is 0.879. The van der Waals surface area contributed by atoms with Crippen LogP contribution in [0.3, 0.4) is 0 Å². The van der Waals surface area contributed by atoms with Gasteiger partial charge in [-0.1, -0.05) is 12.1 Å². The van der Waals surface area contributed by atoms with Gasteiger partial charge in [0.05, 0.1) is 0 Å². The van der Waals surface area contributed by atoms with Crippen LogP contribution in [0.25, 0.3) is 0 Å². The highest BCUT2D eigenvalue weighted by molar-refractivity contribution is 5.62. The number of benzene rings is 1. The van der Waals surface area contributed by atoms with Crippen LogP contribution in [0.15, 0.2) is 17.1 Å². The quantitative estimate of drug-likeness (QED) is 0.647. The molecular weight excluding hydrogens is 170 g/mol. The zero-order valence-electron chi connectivity index (χ0n) is 9.59. The molecule has 1 rings (SSSR count). The van der Waals surface area contributed by atoms with Crippen molar-refractivity contribution in [1.82, 2.24) is 0 Å². The molecule has 14 heavy (non-hydrogen) atoms. The molecule has 0 saturated carbocycles. The molecule has 0 N–H and O–H groups in total. The van der Waals surface area contributed by atoms with Gasteiger partial charge < -0.3 is 0 Å². The average molecular weight is 189 g/mol. The summed E-state index contributed by atoms with van der Waals surface area (Å²) < 4.78 is 0. The minimum Gasteiger partial charge on any atom is -0.297 e. The van der Waals surface area contributed by atoms with Crippen LogP contribution < -0.4 is 0 Å². The molecule has 1 aromatic carbocycles. The highest BCUT2D eigenvalue weighted by Crippen LogP contribution is 2.15. The lowest BCUT2D eigenvalue weighted by Gasteiger charge is -2.07. The van der Waals surface area contributed by atoms with E-state index in [1.54, 1.807) is 0 Å². The van der Waals surface area contributed by atoms with Crippen LogP contribution >= 0.6 is 0 Å². The molecule has 1 aromatic rings. The molecule has 0 heterocycles. The molecule has 0 amide bonds. The number of hydrogen-bond acceptors (Lipinski definition) is 1. The maximum absolute atomic E-state index is 4.22. The molecule has 0 unspecified atom stereocenters. The Morgan fingerprint density at radius 2 is 1.71 bits per heavy atom. The molecule has 76 valence electrons. The topological polar surface area (TPSA) is 12.4 Å². The second kappa shape index (κ2) is 4.94. The van der Waals surface area contributed by atoms with Crippen molar-refractivity contribution in [2.45, 2.75) is 34.1 Å². The average Bonchev–Trinajstić information content (AvgIpc) is 2.14. The molecule has 0 aromatic heterocycles. The van der Waals surface area contributed by atoms with Crippen molar-refractivity contribution in [2.24, 2.45) is 4.99 Å². The first-order valence-corrected chi connectivity index (χ1v) is 5.20. The van der Waals surface area contributed by atoms with E-state index in [0.29, 0.717) is 0 Å². The molecule has 0 fully saturated rings. The highest BCUT2D eigenvalue weighted by Gasteiger charge is 1.99. The van der Waals surface area contributed by atoms with Gasteiger partial charge >= 0.3 is 0 Å². The van der Waals surface area contributed by atoms with Gasteiger partial charge in [0, 0.05) is 19.2 Å². The Balaban J connectivity index is 2.84. The van der Waals surface area contributed by atoms with E-state index < -0.39 is 0 Å². The first-order valence-electron chi connectivity index (χ1n) is 5.20. The Morgan fingerprint density at radius 3 is 2.21 bits per heavy atom. The standard InChI is InChI=1S/C13H19N/c1-5-14-7-6-13-8-10(2)12(4)11(3)9-13/h7-9H,5-6H2,1-4H3. The molecule has 0 atom stereocenters. The molecule has 0 aliphatic heterocycles. The summed E-state index contributed by atoms with van der Waals surface area (Å²) in [5.74, 6) is 0. The molecule has 0 spiro atoms. The van der Waals surface area contributed by atoms with Gasteiger partial charge in [0.1, 0.15) is 0 Å². The number of nitrogens with zero attached hydrogens (tertiary/aromatic N) is 1. The van der Waals surface area contributed by atoms with E-state index >= 15 is 0 Å². The summed E-state index contributed by atoms with van der Waals surface area (Å²) in [5.41, 5.74) is 5.53. The van der Waals surface area contributed by atoms with E-state index in [1.807, 2.05) is 6.21 Å². The Morgan fingerprint density at radius 1 is 1.14 bits per heavy atom. The van der Waals surface area contributed by atoms with E-state index in [-0.39, 0.29) is 0 Å². The lowest BCUT2D eigenvalue weighted by molar-refractivity contribution is 1.12. The van der Waals surface area contributed by atoms with Crippen molar-refractivity contribution in [3.05, 3.63) is 34.4 Å². The highest BCUT2D eigenvalue weighted by atomic mass is 14.7. The van der Waals surface area contributed by atoms with Crippen LogP contribution in [0.1, 0.15) is 29.2 Å². The monoisotopic (exact) mass is 189 g/mol. The molecule has 1 nitrogen and oxygen atoms in total. The van der Waals surface area contributed by atoms with Crippen molar-refractivity contribution < 1.29 is 0 Å². The number of aryl methyl sites for hydroxylation is 2. The summed E-state index contributed by atoms with van der Waals surface area (Å²) in [7, 11) is 0. The van der Waals surface area contributed by atoms with E-state index in [1.165, 1.54) is 22.3 Å². The van der Waals surface area contributed by atoms with Crippen LogP contribution in [-0.4, -0.2) is 12.8 Å². The van der Waals surface area contributed by atoms with Crippen LogP contribution in [0.5, 0.6) is 0 Å². The predicted molar refractivity (Wildman–Crippen MR) is 63.4 cm³/mol. The summed E-state index contributed by atoms with van der Waals surface area (Å²) >= 11 is 0. The summed E-state index contributed by atoms with van der Waals surface area (Å²) in [4.78, 5) is 4.22. The normalized spacial score (nSPS) is 11.1. The molecular formula is C13H19N. The molecule has 0 bridgehead atoms. The van der Waals surface area contributed by atoms with Crippen molar-refractivity contribution in [1.29, 1.82) is 0 Å². The lowest BCUT2D eigenvalue weighted by atomic mass is 9.99. The van der Waals surface area contributed by atoms with Crippen LogP contribution in [-0.2, 0) is 6.42 Å².